The van der Waals surface area contributed by atoms with E-state index >= 15 is 0 Å². The molecule has 1 unspecified atom stereocenters. The van der Waals surface area contributed by atoms with Crippen molar-refractivity contribution in [3.05, 3.63) is 84.9 Å². The molecule has 2 aromatic rings. The fourth-order valence-corrected chi connectivity index (χ4v) is 6.21. The molecule has 0 saturated carbocycles. The molecular weight excluding hydrogens is 462 g/mol. The number of nitrogens with zero attached hydrogens (tertiary/aromatic N) is 1. The number of rotatable bonds is 1. The van der Waals surface area contributed by atoms with Gasteiger partial charge >= 0.3 is 0 Å². The summed E-state index contributed by atoms with van der Waals surface area (Å²) in [6.07, 6.45) is 5.59. The Bertz CT molecular complexity index is 1350. The van der Waals surface area contributed by atoms with Gasteiger partial charge in [-0.2, -0.15) is 0 Å². The fourth-order valence-electron chi connectivity index (χ4n) is 5.95. The van der Waals surface area contributed by atoms with Gasteiger partial charge in [0.15, 0.2) is 5.78 Å². The number of aliphatic imine (C=N–C) groups is 1. The van der Waals surface area contributed by atoms with Crippen LogP contribution >= 0.6 is 15.9 Å². The van der Waals surface area contributed by atoms with Crippen LogP contribution in [0.15, 0.2) is 62.1 Å². The molecule has 0 saturated heterocycles. The highest BCUT2D eigenvalue weighted by molar-refractivity contribution is 9.10. The Morgan fingerprint density at radius 3 is 2.66 bits per heavy atom. The zero-order valence-corrected chi connectivity index (χ0v) is 20.0. The van der Waals surface area contributed by atoms with Crippen molar-refractivity contribution >= 4 is 39.6 Å². The lowest BCUT2D eigenvalue weighted by atomic mass is 9.62. The van der Waals surface area contributed by atoms with Crippen LogP contribution in [-0.4, -0.2) is 17.1 Å². The Kier molecular flexibility index (Phi) is 4.14. The average Bonchev–Trinajstić information content (AvgIpc) is 3.37. The Hall–Kier alpha value is -2.72. The molecule has 4 aliphatic rings. The van der Waals surface area contributed by atoms with Crippen molar-refractivity contribution in [3.63, 3.8) is 0 Å². The molecule has 0 fully saturated rings. The Morgan fingerprint density at radius 1 is 1.16 bits per heavy atom. The minimum atomic E-state index is -0.178. The SMILES string of the molecule is CC1=C2CC(C)(C)C3=Cc4c(O)cc5c(c4C3=C2CC(c2ccc(Br)cc2)C1=O)CN=C5. The second-order valence-corrected chi connectivity index (χ2v) is 10.9. The van der Waals surface area contributed by atoms with Crippen molar-refractivity contribution in [3.8, 4) is 5.75 Å². The lowest BCUT2D eigenvalue weighted by Gasteiger charge is -2.40. The van der Waals surface area contributed by atoms with Crippen LogP contribution in [0.3, 0.4) is 0 Å². The number of benzene rings is 2. The minimum absolute atomic E-state index is 0.113. The fraction of sp³-hybridized carbons (Fsp3) is 0.286. The molecule has 4 heteroatoms. The summed E-state index contributed by atoms with van der Waals surface area (Å²) in [5.41, 5.74) is 11.1. The molecule has 32 heavy (non-hydrogen) atoms. The molecule has 160 valence electrons. The van der Waals surface area contributed by atoms with E-state index in [4.69, 9.17) is 0 Å². The number of Topliss-reactive ketones (excluding diaryl/α,β-unsaturated/α-hetero) is 1. The quantitative estimate of drug-likeness (QED) is 0.485. The summed E-state index contributed by atoms with van der Waals surface area (Å²) in [4.78, 5) is 18.0. The number of halogens is 1. The summed E-state index contributed by atoms with van der Waals surface area (Å²) in [5, 5.41) is 10.9. The summed E-state index contributed by atoms with van der Waals surface area (Å²) in [5.74, 6) is 0.372. The third kappa shape index (κ3) is 2.65. The maximum Gasteiger partial charge on any atom is 0.166 e. The van der Waals surface area contributed by atoms with Gasteiger partial charge in [0, 0.05) is 21.8 Å². The number of ketones is 1. The largest absolute Gasteiger partial charge is 0.507 e. The highest BCUT2D eigenvalue weighted by Crippen LogP contribution is 2.59. The van der Waals surface area contributed by atoms with Gasteiger partial charge in [0.2, 0.25) is 0 Å². The maximum atomic E-state index is 13.5. The standard InChI is InChI=1S/C28H24BrNO2/c1-14-21-11-28(2,3)23-10-20-24(31)8-16-12-30-13-22(16)25(20)26(23)19(21)9-18(27(14)32)15-4-6-17(29)7-5-15/h4-8,10,12,18,31H,9,11,13H2,1-3H3. The Morgan fingerprint density at radius 2 is 1.91 bits per heavy atom. The maximum absolute atomic E-state index is 13.5. The first-order valence-corrected chi connectivity index (χ1v) is 11.9. The molecule has 0 amide bonds. The molecule has 3 nitrogen and oxygen atoms in total. The number of fused-ring (bicyclic) bond motifs is 6. The third-order valence-electron chi connectivity index (χ3n) is 7.61. The van der Waals surface area contributed by atoms with Crippen molar-refractivity contribution in [1.82, 2.24) is 0 Å². The second-order valence-electron chi connectivity index (χ2n) is 9.97. The first-order valence-electron chi connectivity index (χ1n) is 11.1. The van der Waals surface area contributed by atoms with Gasteiger partial charge in [0.25, 0.3) is 0 Å². The lowest BCUT2D eigenvalue weighted by molar-refractivity contribution is -0.117. The number of aromatic hydroxyl groups is 1. The topological polar surface area (TPSA) is 49.7 Å². The number of carbonyl (C=O) groups excluding carboxylic acids is 1. The monoisotopic (exact) mass is 485 g/mol. The van der Waals surface area contributed by atoms with Gasteiger partial charge in [-0.15, -0.1) is 0 Å². The molecule has 1 atom stereocenters. The average molecular weight is 486 g/mol. The van der Waals surface area contributed by atoms with E-state index in [1.165, 1.54) is 27.9 Å². The smallest absolute Gasteiger partial charge is 0.166 e. The number of allylic oxidation sites excluding steroid dienone is 5. The molecule has 1 heterocycles. The van der Waals surface area contributed by atoms with Crippen molar-refractivity contribution in [2.45, 2.75) is 46.1 Å². The second kappa shape index (κ2) is 6.64. The number of carbonyl (C=O) groups is 1. The van der Waals surface area contributed by atoms with Crippen molar-refractivity contribution in [2.24, 2.45) is 10.4 Å². The molecule has 6 rings (SSSR count). The van der Waals surface area contributed by atoms with Gasteiger partial charge in [-0.1, -0.05) is 41.9 Å². The molecule has 1 aliphatic heterocycles. The van der Waals surface area contributed by atoms with Gasteiger partial charge in [-0.3, -0.25) is 9.79 Å². The predicted molar refractivity (Wildman–Crippen MR) is 132 cm³/mol. The number of phenols is 1. The molecule has 0 radical (unpaired) electrons. The highest BCUT2D eigenvalue weighted by atomic mass is 79.9. The first kappa shape index (κ1) is 19.9. The zero-order valence-electron chi connectivity index (χ0n) is 18.4. The van der Waals surface area contributed by atoms with Crippen LogP contribution in [0.4, 0.5) is 0 Å². The van der Waals surface area contributed by atoms with E-state index in [1.807, 2.05) is 31.3 Å². The zero-order chi connectivity index (χ0) is 22.4. The predicted octanol–water partition coefficient (Wildman–Crippen LogP) is 6.74. The molecule has 3 aliphatic carbocycles. The van der Waals surface area contributed by atoms with Gasteiger partial charge in [-0.25, -0.2) is 0 Å². The molecule has 2 aromatic carbocycles. The highest BCUT2D eigenvalue weighted by Gasteiger charge is 2.45. The van der Waals surface area contributed by atoms with Crippen LogP contribution in [0.1, 0.15) is 67.3 Å². The van der Waals surface area contributed by atoms with Crippen molar-refractivity contribution < 1.29 is 9.90 Å². The number of hydrogen-bond donors (Lipinski definition) is 1. The van der Waals surface area contributed by atoms with E-state index in [0.29, 0.717) is 18.7 Å². The van der Waals surface area contributed by atoms with E-state index in [9.17, 15) is 9.90 Å². The van der Waals surface area contributed by atoms with Crippen LogP contribution in [-0.2, 0) is 11.3 Å². The summed E-state index contributed by atoms with van der Waals surface area (Å²) >= 11 is 3.51. The van der Waals surface area contributed by atoms with Crippen LogP contribution < -0.4 is 0 Å². The summed E-state index contributed by atoms with van der Waals surface area (Å²) in [6.45, 7) is 7.14. The molecular formula is C28H24BrNO2. The van der Waals surface area contributed by atoms with Gasteiger partial charge in [-0.05, 0) is 94.0 Å². The normalized spacial score (nSPS) is 22.6. The lowest BCUT2D eigenvalue weighted by Crippen LogP contribution is -2.29. The van der Waals surface area contributed by atoms with Gasteiger partial charge in [0.1, 0.15) is 5.75 Å². The van der Waals surface area contributed by atoms with Crippen LogP contribution in [0.2, 0.25) is 0 Å². The van der Waals surface area contributed by atoms with Crippen LogP contribution in [0.25, 0.3) is 11.6 Å². The summed E-state index contributed by atoms with van der Waals surface area (Å²) in [6, 6.07) is 9.97. The van der Waals surface area contributed by atoms with E-state index in [2.05, 4.69) is 53.0 Å². The Labute approximate surface area is 196 Å². The molecule has 0 aromatic heterocycles. The van der Waals surface area contributed by atoms with E-state index in [1.54, 1.807) is 0 Å². The first-order chi connectivity index (χ1) is 15.3. The van der Waals surface area contributed by atoms with Crippen molar-refractivity contribution in [1.29, 1.82) is 0 Å². The minimum Gasteiger partial charge on any atom is -0.507 e. The molecule has 0 bridgehead atoms. The van der Waals surface area contributed by atoms with Crippen LogP contribution in [0, 0.1) is 5.41 Å². The third-order valence-corrected chi connectivity index (χ3v) is 8.14. The van der Waals surface area contributed by atoms with E-state index in [-0.39, 0.29) is 17.1 Å². The van der Waals surface area contributed by atoms with Crippen molar-refractivity contribution in [2.75, 3.05) is 0 Å². The number of phenolic OH excluding ortho intramolecular Hbond substituents is 1. The molecule has 1 N–H and O–H groups in total. The summed E-state index contributed by atoms with van der Waals surface area (Å²) in [7, 11) is 0. The van der Waals surface area contributed by atoms with E-state index in [0.717, 1.165) is 38.7 Å². The summed E-state index contributed by atoms with van der Waals surface area (Å²) < 4.78 is 1.01. The van der Waals surface area contributed by atoms with Gasteiger partial charge < -0.3 is 5.11 Å². The van der Waals surface area contributed by atoms with Crippen LogP contribution in [0.5, 0.6) is 5.75 Å². The van der Waals surface area contributed by atoms with Gasteiger partial charge in [0.05, 0.1) is 12.5 Å². The number of hydrogen-bond acceptors (Lipinski definition) is 3. The van der Waals surface area contributed by atoms with E-state index < -0.39 is 0 Å². The molecule has 0 spiro atoms. The Balaban J connectivity index is 1.63.